The second-order valence-electron chi connectivity index (χ2n) is 6.29. The van der Waals surface area contributed by atoms with Crippen molar-refractivity contribution in [1.82, 2.24) is 9.88 Å². The number of rotatable bonds is 4. The summed E-state index contributed by atoms with van der Waals surface area (Å²) in [5.74, 6) is -1.30. The van der Waals surface area contributed by atoms with Crippen LogP contribution in [0.3, 0.4) is 0 Å². The quantitative estimate of drug-likeness (QED) is 0.846. The molecule has 1 aromatic heterocycles. The third kappa shape index (κ3) is 3.30. The summed E-state index contributed by atoms with van der Waals surface area (Å²) < 4.78 is 27.7. The smallest absolute Gasteiger partial charge is 0.226 e. The number of pyridine rings is 1. The van der Waals surface area contributed by atoms with Crippen LogP contribution >= 0.6 is 0 Å². The second-order valence-corrected chi connectivity index (χ2v) is 6.29. The van der Waals surface area contributed by atoms with Gasteiger partial charge in [-0.3, -0.25) is 9.78 Å². The number of nitrogens with zero attached hydrogens (tertiary/aromatic N) is 2. The van der Waals surface area contributed by atoms with E-state index < -0.39 is 17.7 Å². The van der Waals surface area contributed by atoms with Gasteiger partial charge in [-0.1, -0.05) is 25.0 Å². The fourth-order valence-electron chi connectivity index (χ4n) is 3.46. The Morgan fingerprint density at radius 1 is 1.25 bits per heavy atom. The summed E-state index contributed by atoms with van der Waals surface area (Å²) in [6.45, 7) is 0. The van der Waals surface area contributed by atoms with Crippen molar-refractivity contribution in [2.45, 2.75) is 31.7 Å². The Balaban J connectivity index is 2.00. The van der Waals surface area contributed by atoms with Gasteiger partial charge in [0.05, 0.1) is 6.04 Å². The van der Waals surface area contributed by atoms with Crippen LogP contribution in [0, 0.1) is 17.6 Å². The second kappa shape index (κ2) is 7.07. The van der Waals surface area contributed by atoms with E-state index in [-0.39, 0.29) is 17.4 Å². The molecule has 1 aliphatic rings. The summed E-state index contributed by atoms with van der Waals surface area (Å²) in [7, 11) is 1.68. The van der Waals surface area contributed by atoms with Gasteiger partial charge in [-0.2, -0.15) is 0 Å². The van der Waals surface area contributed by atoms with Gasteiger partial charge in [0.2, 0.25) is 5.91 Å². The third-order valence-electron chi connectivity index (χ3n) is 4.70. The molecule has 0 bridgehead atoms. The van der Waals surface area contributed by atoms with Crippen molar-refractivity contribution >= 4 is 5.91 Å². The molecule has 1 fully saturated rings. The van der Waals surface area contributed by atoms with Gasteiger partial charge in [-0.25, -0.2) is 8.78 Å². The predicted molar refractivity (Wildman–Crippen MR) is 87.2 cm³/mol. The lowest BCUT2D eigenvalue weighted by atomic mass is 9.96. The van der Waals surface area contributed by atoms with Crippen LogP contribution in [-0.4, -0.2) is 22.8 Å². The molecule has 2 aromatic rings. The molecular formula is C19H20F2N2O. The molecule has 1 atom stereocenters. The van der Waals surface area contributed by atoms with Crippen molar-refractivity contribution in [1.29, 1.82) is 0 Å². The Morgan fingerprint density at radius 2 is 2.00 bits per heavy atom. The van der Waals surface area contributed by atoms with Crippen LogP contribution in [0.4, 0.5) is 8.78 Å². The van der Waals surface area contributed by atoms with Crippen LogP contribution in [0.5, 0.6) is 0 Å². The maximum atomic E-state index is 14.4. The van der Waals surface area contributed by atoms with Crippen molar-refractivity contribution in [3.8, 4) is 0 Å². The molecule has 1 aliphatic carbocycles. The van der Waals surface area contributed by atoms with E-state index in [0.717, 1.165) is 31.7 Å². The molecule has 1 amide bonds. The molecule has 5 heteroatoms. The van der Waals surface area contributed by atoms with E-state index in [1.807, 2.05) is 0 Å². The third-order valence-corrected chi connectivity index (χ3v) is 4.70. The fourth-order valence-corrected chi connectivity index (χ4v) is 3.46. The van der Waals surface area contributed by atoms with Crippen molar-refractivity contribution in [2.24, 2.45) is 5.92 Å². The van der Waals surface area contributed by atoms with Gasteiger partial charge in [0.25, 0.3) is 0 Å². The number of carbonyl (C=O) groups excluding carboxylic acids is 1. The molecule has 1 heterocycles. The SMILES string of the molecule is CN(C(=O)C1CCCC1)[C@H](c1cccnc1)c1ccc(F)cc1F. The zero-order chi connectivity index (χ0) is 17.1. The summed E-state index contributed by atoms with van der Waals surface area (Å²) in [5.41, 5.74) is 0.982. The Bertz CT molecular complexity index is 715. The topological polar surface area (TPSA) is 33.2 Å². The lowest BCUT2D eigenvalue weighted by Gasteiger charge is -2.31. The summed E-state index contributed by atoms with van der Waals surface area (Å²) in [6, 6.07) is 6.41. The van der Waals surface area contributed by atoms with Crippen LogP contribution < -0.4 is 0 Å². The lowest BCUT2D eigenvalue weighted by Crippen LogP contribution is -2.36. The van der Waals surface area contributed by atoms with E-state index in [9.17, 15) is 13.6 Å². The molecule has 3 rings (SSSR count). The molecule has 0 saturated heterocycles. The molecule has 1 aromatic carbocycles. The largest absolute Gasteiger partial charge is 0.334 e. The summed E-state index contributed by atoms with van der Waals surface area (Å²) in [6.07, 6.45) is 7.08. The van der Waals surface area contributed by atoms with Gasteiger partial charge in [-0.15, -0.1) is 0 Å². The first kappa shape index (κ1) is 16.6. The predicted octanol–water partition coefficient (Wildman–Crippen LogP) is 4.10. The number of hydrogen-bond acceptors (Lipinski definition) is 2. The van der Waals surface area contributed by atoms with E-state index in [4.69, 9.17) is 0 Å². The first-order valence-corrected chi connectivity index (χ1v) is 8.19. The van der Waals surface area contributed by atoms with Crippen LogP contribution in [0.1, 0.15) is 42.9 Å². The minimum Gasteiger partial charge on any atom is -0.334 e. The number of benzene rings is 1. The lowest BCUT2D eigenvalue weighted by molar-refractivity contribution is -0.135. The number of carbonyl (C=O) groups is 1. The van der Waals surface area contributed by atoms with Crippen molar-refractivity contribution < 1.29 is 13.6 Å². The number of hydrogen-bond donors (Lipinski definition) is 0. The van der Waals surface area contributed by atoms with Crippen molar-refractivity contribution in [3.63, 3.8) is 0 Å². The normalized spacial score (nSPS) is 16.1. The van der Waals surface area contributed by atoms with Gasteiger partial charge in [0, 0.05) is 37.0 Å². The van der Waals surface area contributed by atoms with Gasteiger partial charge in [0.1, 0.15) is 11.6 Å². The summed E-state index contributed by atoms with van der Waals surface area (Å²) in [5, 5.41) is 0. The highest BCUT2D eigenvalue weighted by Crippen LogP contribution is 2.33. The number of amides is 1. The minimum atomic E-state index is -0.657. The molecule has 0 unspecified atom stereocenters. The van der Waals surface area contributed by atoms with Crippen molar-refractivity contribution in [2.75, 3.05) is 7.05 Å². The van der Waals surface area contributed by atoms with Gasteiger partial charge >= 0.3 is 0 Å². The summed E-state index contributed by atoms with van der Waals surface area (Å²) >= 11 is 0. The number of aromatic nitrogens is 1. The Morgan fingerprint density at radius 3 is 2.62 bits per heavy atom. The first-order chi connectivity index (χ1) is 11.6. The average Bonchev–Trinajstić information content (AvgIpc) is 3.12. The van der Waals surface area contributed by atoms with Gasteiger partial charge in [-0.05, 0) is 30.5 Å². The van der Waals surface area contributed by atoms with E-state index in [0.29, 0.717) is 5.56 Å². The molecule has 3 nitrogen and oxygen atoms in total. The summed E-state index contributed by atoms with van der Waals surface area (Å²) in [4.78, 5) is 18.5. The van der Waals surface area contributed by atoms with Crippen LogP contribution in [0.15, 0.2) is 42.7 Å². The zero-order valence-corrected chi connectivity index (χ0v) is 13.6. The molecular weight excluding hydrogens is 310 g/mol. The average molecular weight is 330 g/mol. The fraction of sp³-hybridized carbons (Fsp3) is 0.368. The molecule has 0 N–H and O–H groups in total. The molecule has 0 spiro atoms. The van der Waals surface area contributed by atoms with E-state index >= 15 is 0 Å². The van der Waals surface area contributed by atoms with Gasteiger partial charge in [0.15, 0.2) is 0 Å². The molecule has 0 radical (unpaired) electrons. The molecule has 24 heavy (non-hydrogen) atoms. The highest BCUT2D eigenvalue weighted by Gasteiger charge is 2.32. The van der Waals surface area contributed by atoms with Crippen LogP contribution in [-0.2, 0) is 4.79 Å². The zero-order valence-electron chi connectivity index (χ0n) is 13.6. The van der Waals surface area contributed by atoms with Gasteiger partial charge < -0.3 is 4.90 Å². The maximum Gasteiger partial charge on any atom is 0.226 e. The maximum absolute atomic E-state index is 14.4. The molecule has 126 valence electrons. The van der Waals surface area contributed by atoms with Crippen LogP contribution in [0.25, 0.3) is 0 Å². The Labute approximate surface area is 140 Å². The van der Waals surface area contributed by atoms with Crippen molar-refractivity contribution in [3.05, 3.63) is 65.5 Å². The minimum absolute atomic E-state index is 0.00470. The number of halogens is 2. The monoisotopic (exact) mass is 330 g/mol. The highest BCUT2D eigenvalue weighted by molar-refractivity contribution is 5.79. The molecule has 0 aliphatic heterocycles. The standard InChI is InChI=1S/C19H20F2N2O/c1-23(19(24)13-5-2-3-6-13)18(14-7-4-10-22-12-14)16-9-8-15(20)11-17(16)21/h4,7-13,18H,2-3,5-6H2,1H3/t18-/m1/s1. The highest BCUT2D eigenvalue weighted by atomic mass is 19.1. The Kier molecular flexibility index (Phi) is 4.88. The van der Waals surface area contributed by atoms with E-state index in [1.54, 1.807) is 36.5 Å². The van der Waals surface area contributed by atoms with Crippen LogP contribution in [0.2, 0.25) is 0 Å². The van der Waals surface area contributed by atoms with E-state index in [1.165, 1.54) is 12.1 Å². The van der Waals surface area contributed by atoms with E-state index in [2.05, 4.69) is 4.98 Å². The molecule has 1 saturated carbocycles. The first-order valence-electron chi connectivity index (χ1n) is 8.19. The Hall–Kier alpha value is -2.30.